The van der Waals surface area contributed by atoms with E-state index in [4.69, 9.17) is 4.74 Å². The number of Topliss-reactive ketones (excluding diaryl/α,β-unsaturated/α-hetero) is 1. The molecule has 2 aromatic rings. The monoisotopic (exact) mass is 410 g/mol. The van der Waals surface area contributed by atoms with Crippen LogP contribution in [0.25, 0.3) is 5.76 Å². The van der Waals surface area contributed by atoms with E-state index in [2.05, 4.69) is 18.8 Å². The Labute approximate surface area is 176 Å². The van der Waals surface area contributed by atoms with Crippen LogP contribution >= 0.6 is 0 Å². The summed E-state index contributed by atoms with van der Waals surface area (Å²) in [5.74, 6) is -0.861. The highest BCUT2D eigenvalue weighted by Gasteiger charge is 2.46. The van der Waals surface area contributed by atoms with E-state index >= 15 is 0 Å². The van der Waals surface area contributed by atoms with Crippen LogP contribution in [0.3, 0.4) is 0 Å². The number of hydrogen-bond donors (Lipinski definition) is 2. The maximum absolute atomic E-state index is 13.0. The van der Waals surface area contributed by atoms with Crippen LogP contribution in [0.5, 0.6) is 5.75 Å². The smallest absolute Gasteiger partial charge is 0.295 e. The Morgan fingerprint density at radius 2 is 1.83 bits per heavy atom. The van der Waals surface area contributed by atoms with Crippen molar-refractivity contribution in [3.05, 3.63) is 65.5 Å². The number of likely N-dealkylation sites (N-methyl/N-ethyl adjacent to an activating group) is 1. The summed E-state index contributed by atoms with van der Waals surface area (Å²) in [5, 5.41) is 11.0. The molecule has 1 aliphatic heterocycles. The Balaban J connectivity index is 2.05. The van der Waals surface area contributed by atoms with Crippen LogP contribution in [0.4, 0.5) is 0 Å². The minimum absolute atomic E-state index is 0.0680. The van der Waals surface area contributed by atoms with Gasteiger partial charge < -0.3 is 19.6 Å². The van der Waals surface area contributed by atoms with E-state index in [0.717, 1.165) is 13.1 Å². The lowest BCUT2D eigenvalue weighted by molar-refractivity contribution is -0.895. The number of nitrogens with zero attached hydrogens (tertiary/aromatic N) is 2. The molecule has 158 valence electrons. The topological polar surface area (TPSA) is 84.2 Å². The van der Waals surface area contributed by atoms with Gasteiger partial charge >= 0.3 is 0 Å². The maximum Gasteiger partial charge on any atom is 0.295 e. The SMILES string of the molecule is CC[NH+](CC)CCN1C(=O)C(=O)C(=C(O)c2ccc(OC)cc2)[C@@H]1c1ccccn1. The van der Waals surface area contributed by atoms with Crippen molar-refractivity contribution in [2.45, 2.75) is 19.9 Å². The molecule has 1 atom stereocenters. The lowest BCUT2D eigenvalue weighted by Crippen LogP contribution is -3.12. The molecule has 1 saturated heterocycles. The average molecular weight is 410 g/mol. The second-order valence-electron chi connectivity index (χ2n) is 7.18. The molecule has 0 radical (unpaired) electrons. The number of carbonyl (C=O) groups excluding carboxylic acids is 2. The zero-order valence-corrected chi connectivity index (χ0v) is 17.6. The quantitative estimate of drug-likeness (QED) is 0.391. The molecule has 0 aliphatic carbocycles. The molecule has 1 amide bonds. The molecule has 30 heavy (non-hydrogen) atoms. The highest BCUT2D eigenvalue weighted by Crippen LogP contribution is 2.38. The van der Waals surface area contributed by atoms with Gasteiger partial charge in [-0.1, -0.05) is 6.07 Å². The van der Waals surface area contributed by atoms with Gasteiger partial charge in [-0.3, -0.25) is 14.6 Å². The highest BCUT2D eigenvalue weighted by atomic mass is 16.5. The number of benzene rings is 1. The lowest BCUT2D eigenvalue weighted by atomic mass is 9.98. The van der Waals surface area contributed by atoms with Crippen molar-refractivity contribution in [1.82, 2.24) is 9.88 Å². The van der Waals surface area contributed by atoms with Crippen molar-refractivity contribution in [2.75, 3.05) is 33.3 Å². The summed E-state index contributed by atoms with van der Waals surface area (Å²) in [7, 11) is 1.55. The Hall–Kier alpha value is -3.19. The number of likely N-dealkylation sites (tertiary alicyclic amines) is 1. The zero-order chi connectivity index (χ0) is 21.7. The van der Waals surface area contributed by atoms with Crippen molar-refractivity contribution in [2.24, 2.45) is 0 Å². The van der Waals surface area contributed by atoms with Gasteiger partial charge in [0.2, 0.25) is 0 Å². The van der Waals surface area contributed by atoms with Crippen molar-refractivity contribution in [3.8, 4) is 5.75 Å². The van der Waals surface area contributed by atoms with Crippen molar-refractivity contribution in [1.29, 1.82) is 0 Å². The number of amides is 1. The summed E-state index contributed by atoms with van der Waals surface area (Å²) < 4.78 is 5.16. The van der Waals surface area contributed by atoms with E-state index in [-0.39, 0.29) is 11.3 Å². The van der Waals surface area contributed by atoms with Crippen LogP contribution in [0, 0.1) is 0 Å². The molecule has 3 rings (SSSR count). The van der Waals surface area contributed by atoms with Gasteiger partial charge in [0.25, 0.3) is 11.7 Å². The van der Waals surface area contributed by atoms with E-state index < -0.39 is 17.7 Å². The highest BCUT2D eigenvalue weighted by molar-refractivity contribution is 6.46. The predicted molar refractivity (Wildman–Crippen MR) is 113 cm³/mol. The van der Waals surface area contributed by atoms with Crippen LogP contribution in [-0.2, 0) is 9.59 Å². The predicted octanol–water partition coefficient (Wildman–Crippen LogP) is 1.44. The first-order valence-corrected chi connectivity index (χ1v) is 10.2. The maximum atomic E-state index is 13.0. The summed E-state index contributed by atoms with van der Waals surface area (Å²) in [6, 6.07) is 11.4. The zero-order valence-electron chi connectivity index (χ0n) is 17.6. The number of nitrogens with one attached hydrogen (secondary N) is 1. The molecule has 0 spiro atoms. The molecule has 0 bridgehead atoms. The molecule has 2 N–H and O–H groups in total. The van der Waals surface area contributed by atoms with Crippen LogP contribution in [0.15, 0.2) is 54.2 Å². The number of pyridine rings is 1. The number of carbonyl (C=O) groups is 2. The second kappa shape index (κ2) is 9.54. The van der Waals surface area contributed by atoms with Crippen LogP contribution in [0.1, 0.15) is 31.1 Å². The van der Waals surface area contributed by atoms with Crippen molar-refractivity contribution >= 4 is 17.4 Å². The van der Waals surface area contributed by atoms with E-state index in [0.29, 0.717) is 30.1 Å². The van der Waals surface area contributed by atoms with Crippen LogP contribution < -0.4 is 9.64 Å². The van der Waals surface area contributed by atoms with Gasteiger partial charge in [-0.05, 0) is 50.2 Å². The fourth-order valence-corrected chi connectivity index (χ4v) is 3.74. The normalized spacial score (nSPS) is 18.3. The van der Waals surface area contributed by atoms with Crippen LogP contribution in [-0.4, -0.2) is 60.0 Å². The molecule has 7 heteroatoms. The summed E-state index contributed by atoms with van der Waals surface area (Å²) >= 11 is 0. The van der Waals surface area contributed by atoms with Gasteiger partial charge in [0.05, 0.1) is 44.6 Å². The van der Waals surface area contributed by atoms with Gasteiger partial charge in [0.15, 0.2) is 0 Å². The number of hydrogen-bond acceptors (Lipinski definition) is 5. The molecule has 1 aromatic carbocycles. The summed E-state index contributed by atoms with van der Waals surface area (Å²) in [5.41, 5.74) is 1.07. The first-order valence-electron chi connectivity index (χ1n) is 10.2. The largest absolute Gasteiger partial charge is 0.507 e. The number of aromatic nitrogens is 1. The first kappa shape index (κ1) is 21.5. The number of aliphatic hydroxyl groups excluding tert-OH is 1. The van der Waals surface area contributed by atoms with Gasteiger partial charge in [0.1, 0.15) is 17.6 Å². The Morgan fingerprint density at radius 3 is 2.40 bits per heavy atom. The molecule has 1 aliphatic rings. The minimum atomic E-state index is -0.719. The lowest BCUT2D eigenvalue weighted by Gasteiger charge is -2.26. The molecule has 7 nitrogen and oxygen atoms in total. The molecule has 2 heterocycles. The first-order chi connectivity index (χ1) is 14.5. The average Bonchev–Trinajstić information content (AvgIpc) is 3.05. The number of rotatable bonds is 8. The second-order valence-corrected chi connectivity index (χ2v) is 7.18. The van der Waals surface area contributed by atoms with Gasteiger partial charge in [0, 0.05) is 11.8 Å². The third-order valence-electron chi connectivity index (χ3n) is 5.58. The van der Waals surface area contributed by atoms with Crippen molar-refractivity contribution < 1.29 is 24.3 Å². The molecular formula is C23H28N3O4+. The molecule has 0 saturated carbocycles. The third-order valence-corrected chi connectivity index (χ3v) is 5.58. The number of aliphatic hydroxyl groups is 1. The van der Waals surface area contributed by atoms with Crippen molar-refractivity contribution in [3.63, 3.8) is 0 Å². The van der Waals surface area contributed by atoms with Crippen LogP contribution in [0.2, 0.25) is 0 Å². The van der Waals surface area contributed by atoms with Gasteiger partial charge in [-0.2, -0.15) is 0 Å². The summed E-state index contributed by atoms with van der Waals surface area (Å²) in [4.78, 5) is 33.1. The van der Waals surface area contributed by atoms with E-state index in [1.807, 2.05) is 6.07 Å². The number of ether oxygens (including phenoxy) is 1. The molecule has 0 unspecified atom stereocenters. The fourth-order valence-electron chi connectivity index (χ4n) is 3.74. The number of quaternary nitrogens is 1. The van der Waals surface area contributed by atoms with E-state index in [1.54, 1.807) is 49.7 Å². The minimum Gasteiger partial charge on any atom is -0.507 e. The molecular weight excluding hydrogens is 382 g/mol. The Kier molecular flexibility index (Phi) is 6.84. The number of methoxy groups -OCH3 is 1. The fraction of sp³-hybridized carbons (Fsp3) is 0.348. The summed E-state index contributed by atoms with van der Waals surface area (Å²) in [6.45, 7) is 7.16. The third kappa shape index (κ3) is 4.21. The number of ketones is 1. The molecule has 1 fully saturated rings. The van der Waals surface area contributed by atoms with E-state index in [1.165, 1.54) is 9.80 Å². The van der Waals surface area contributed by atoms with Gasteiger partial charge in [-0.25, -0.2) is 0 Å². The Morgan fingerprint density at radius 1 is 1.13 bits per heavy atom. The molecule has 1 aromatic heterocycles. The van der Waals surface area contributed by atoms with Gasteiger partial charge in [-0.15, -0.1) is 0 Å². The standard InChI is InChI=1S/C23H27N3O4/c1-4-25(5-2)14-15-26-20(18-8-6-7-13-24-18)19(22(28)23(26)29)21(27)16-9-11-17(30-3)12-10-16/h6-13,20,27H,4-5,14-15H2,1-3H3/p+1/t20-/m0/s1. The Bertz CT molecular complexity index is 921. The van der Waals surface area contributed by atoms with E-state index in [9.17, 15) is 14.7 Å². The summed E-state index contributed by atoms with van der Waals surface area (Å²) in [6.07, 6.45) is 1.62.